The maximum absolute atomic E-state index is 13.4. The van der Waals surface area contributed by atoms with Crippen molar-refractivity contribution in [3.8, 4) is 6.07 Å². The molecule has 1 heterocycles. The third-order valence-electron chi connectivity index (χ3n) is 4.02. The molecule has 0 saturated carbocycles. The summed E-state index contributed by atoms with van der Waals surface area (Å²) in [5, 5.41) is 9.47. The normalized spacial score (nSPS) is 17.4. The first-order valence-electron chi connectivity index (χ1n) is 7.87. The van der Waals surface area contributed by atoms with Crippen molar-refractivity contribution in [2.24, 2.45) is 5.73 Å². The minimum Gasteiger partial charge on any atom is -0.463 e. The topological polar surface area (TPSA) is 85.3 Å². The zero-order valence-electron chi connectivity index (χ0n) is 14.5. The highest BCUT2D eigenvalue weighted by atomic mass is 79.9. The molecule has 0 saturated heterocycles. The molecule has 0 spiro atoms. The maximum atomic E-state index is 13.4. The number of hydrogen-bond acceptors (Lipinski definition) is 5. The van der Waals surface area contributed by atoms with E-state index in [0.29, 0.717) is 0 Å². The van der Waals surface area contributed by atoms with Gasteiger partial charge in [-0.15, -0.1) is 0 Å². The van der Waals surface area contributed by atoms with Gasteiger partial charge in [-0.2, -0.15) is 18.4 Å². The Morgan fingerprint density at radius 1 is 1.44 bits per heavy atom. The number of allylic oxidation sites excluding steroid dienone is 2. The van der Waals surface area contributed by atoms with Crippen LogP contribution in [0.4, 0.5) is 13.2 Å². The van der Waals surface area contributed by atoms with Gasteiger partial charge in [0.15, 0.2) is 0 Å². The second kappa shape index (κ2) is 8.05. The molecule has 2 N–H and O–H groups in total. The molecule has 1 atom stereocenters. The molecular formula is C18H16BrF3N2O3. The highest BCUT2D eigenvalue weighted by Crippen LogP contribution is 2.42. The number of halogens is 4. The third kappa shape index (κ3) is 4.11. The first kappa shape index (κ1) is 20.8. The molecule has 2 rings (SSSR count). The zero-order valence-corrected chi connectivity index (χ0v) is 16.1. The van der Waals surface area contributed by atoms with Crippen LogP contribution in [-0.4, -0.2) is 12.6 Å². The van der Waals surface area contributed by atoms with Crippen molar-refractivity contribution in [3.05, 3.63) is 57.7 Å². The lowest BCUT2D eigenvalue weighted by atomic mass is 9.82. The number of esters is 1. The van der Waals surface area contributed by atoms with Crippen molar-refractivity contribution in [3.63, 3.8) is 0 Å². The fourth-order valence-corrected chi connectivity index (χ4v) is 3.33. The van der Waals surface area contributed by atoms with Crippen LogP contribution in [0.25, 0.3) is 0 Å². The van der Waals surface area contributed by atoms with Crippen LogP contribution in [0, 0.1) is 11.3 Å². The Bertz CT molecular complexity index is 870. The van der Waals surface area contributed by atoms with Gasteiger partial charge in [0.25, 0.3) is 0 Å². The van der Waals surface area contributed by atoms with Crippen molar-refractivity contribution < 1.29 is 27.4 Å². The molecule has 27 heavy (non-hydrogen) atoms. The highest BCUT2D eigenvalue weighted by molar-refractivity contribution is 9.08. The quantitative estimate of drug-likeness (QED) is 0.554. The molecule has 0 radical (unpaired) electrons. The number of carbonyl (C=O) groups is 1. The van der Waals surface area contributed by atoms with Gasteiger partial charge in [-0.05, 0) is 31.0 Å². The maximum Gasteiger partial charge on any atom is 0.416 e. The lowest BCUT2D eigenvalue weighted by molar-refractivity contribution is -0.139. The van der Waals surface area contributed by atoms with Gasteiger partial charge < -0.3 is 15.2 Å². The molecular weight excluding hydrogens is 429 g/mol. The second-order valence-corrected chi connectivity index (χ2v) is 6.22. The Hall–Kier alpha value is -2.47. The van der Waals surface area contributed by atoms with E-state index in [1.54, 1.807) is 6.92 Å². The van der Waals surface area contributed by atoms with E-state index >= 15 is 0 Å². The average molecular weight is 445 g/mol. The lowest BCUT2D eigenvalue weighted by Crippen LogP contribution is -2.26. The molecule has 0 aliphatic carbocycles. The minimum absolute atomic E-state index is 0.00140. The van der Waals surface area contributed by atoms with Crippen molar-refractivity contribution in [1.82, 2.24) is 0 Å². The predicted octanol–water partition coefficient (Wildman–Crippen LogP) is 4.25. The van der Waals surface area contributed by atoms with E-state index in [0.717, 1.165) is 6.07 Å². The molecule has 1 aliphatic rings. The molecule has 0 amide bonds. The van der Waals surface area contributed by atoms with Crippen LogP contribution in [0.1, 0.15) is 36.5 Å². The van der Waals surface area contributed by atoms with Gasteiger partial charge in [-0.3, -0.25) is 0 Å². The summed E-state index contributed by atoms with van der Waals surface area (Å²) in [6.45, 7) is 3.09. The van der Waals surface area contributed by atoms with Crippen LogP contribution in [-0.2, 0) is 25.8 Å². The summed E-state index contributed by atoms with van der Waals surface area (Å²) in [7, 11) is 0. The van der Waals surface area contributed by atoms with E-state index in [9.17, 15) is 23.2 Å². The number of hydrogen-bond donors (Lipinski definition) is 1. The van der Waals surface area contributed by atoms with Gasteiger partial charge >= 0.3 is 12.1 Å². The molecule has 0 fully saturated rings. The fourth-order valence-electron chi connectivity index (χ4n) is 2.84. The van der Waals surface area contributed by atoms with Crippen LogP contribution < -0.4 is 5.73 Å². The number of nitrogens with zero attached hydrogens (tertiary/aromatic N) is 1. The number of nitriles is 1. The monoisotopic (exact) mass is 444 g/mol. The number of alkyl halides is 4. The summed E-state index contributed by atoms with van der Waals surface area (Å²) in [4.78, 5) is 12.4. The van der Waals surface area contributed by atoms with Gasteiger partial charge in [-0.1, -0.05) is 28.1 Å². The first-order valence-corrected chi connectivity index (χ1v) is 8.99. The third-order valence-corrected chi connectivity index (χ3v) is 4.62. The molecule has 9 heteroatoms. The average Bonchev–Trinajstić information content (AvgIpc) is 2.60. The smallest absolute Gasteiger partial charge is 0.416 e. The van der Waals surface area contributed by atoms with Gasteiger partial charge in [0.05, 0.1) is 23.7 Å². The van der Waals surface area contributed by atoms with Crippen LogP contribution >= 0.6 is 15.9 Å². The summed E-state index contributed by atoms with van der Waals surface area (Å²) in [5.41, 5.74) is 4.81. The second-order valence-electron chi connectivity index (χ2n) is 5.66. The summed E-state index contributed by atoms with van der Waals surface area (Å²) in [6, 6.07) is 5.48. The number of ether oxygens (including phenoxy) is 2. The van der Waals surface area contributed by atoms with Crippen LogP contribution in [0.3, 0.4) is 0 Å². The number of carbonyl (C=O) groups excluding carboxylic acids is 1. The largest absolute Gasteiger partial charge is 0.463 e. The van der Waals surface area contributed by atoms with Crippen LogP contribution in [0.15, 0.2) is 41.0 Å². The van der Waals surface area contributed by atoms with E-state index in [2.05, 4.69) is 15.9 Å². The van der Waals surface area contributed by atoms with Gasteiger partial charge in [0.1, 0.15) is 17.4 Å². The molecule has 0 bridgehead atoms. The first-order chi connectivity index (χ1) is 12.6. The van der Waals surface area contributed by atoms with E-state index in [1.807, 2.05) is 6.07 Å². The predicted molar refractivity (Wildman–Crippen MR) is 94.1 cm³/mol. The van der Waals surface area contributed by atoms with E-state index in [-0.39, 0.29) is 45.9 Å². The lowest BCUT2D eigenvalue weighted by Gasteiger charge is -2.27. The molecule has 5 nitrogen and oxygen atoms in total. The SMILES string of the molecule is CCOC(=O)C1=C(C)OC(N)=C(C#N)C1c1ccc(CBr)c(C(F)(F)F)c1. The van der Waals surface area contributed by atoms with E-state index in [4.69, 9.17) is 15.2 Å². The van der Waals surface area contributed by atoms with Gasteiger partial charge in [-0.25, -0.2) is 4.79 Å². The number of nitrogens with two attached hydrogens (primary N) is 1. The van der Waals surface area contributed by atoms with Crippen LogP contribution in [0.2, 0.25) is 0 Å². The molecule has 0 aromatic heterocycles. The minimum atomic E-state index is -4.60. The van der Waals surface area contributed by atoms with Crippen LogP contribution in [0.5, 0.6) is 0 Å². The van der Waals surface area contributed by atoms with Gasteiger partial charge in [0.2, 0.25) is 5.88 Å². The fraction of sp³-hybridized carbons (Fsp3) is 0.333. The Morgan fingerprint density at radius 3 is 2.63 bits per heavy atom. The van der Waals surface area contributed by atoms with Crippen molar-refractivity contribution in [2.45, 2.75) is 31.3 Å². The van der Waals surface area contributed by atoms with Gasteiger partial charge in [0, 0.05) is 5.33 Å². The molecule has 144 valence electrons. The van der Waals surface area contributed by atoms with Crippen molar-refractivity contribution in [2.75, 3.05) is 6.61 Å². The Balaban J connectivity index is 2.72. The van der Waals surface area contributed by atoms with E-state index in [1.165, 1.54) is 19.1 Å². The number of benzene rings is 1. The highest BCUT2D eigenvalue weighted by Gasteiger charge is 2.39. The molecule has 1 aliphatic heterocycles. The summed E-state index contributed by atoms with van der Waals surface area (Å²) in [5.74, 6) is -2.08. The zero-order chi connectivity index (χ0) is 20.4. The van der Waals surface area contributed by atoms with Crippen molar-refractivity contribution >= 4 is 21.9 Å². The Labute approximate surface area is 162 Å². The summed E-state index contributed by atoms with van der Waals surface area (Å²) < 4.78 is 50.6. The molecule has 1 unspecified atom stereocenters. The summed E-state index contributed by atoms with van der Waals surface area (Å²) >= 11 is 3.04. The summed E-state index contributed by atoms with van der Waals surface area (Å²) in [6.07, 6.45) is -4.60. The molecule has 1 aromatic carbocycles. The Kier molecular flexibility index (Phi) is 6.21. The Morgan fingerprint density at radius 2 is 2.11 bits per heavy atom. The van der Waals surface area contributed by atoms with E-state index < -0.39 is 23.6 Å². The standard InChI is InChI=1S/C18H16BrF3N2O3/c1-3-26-17(25)14-9(2)27-16(24)12(8-23)15(14)10-4-5-11(7-19)13(6-10)18(20,21)22/h4-6,15H,3,7,24H2,1-2H3. The molecule has 1 aromatic rings. The number of rotatable bonds is 4. The van der Waals surface area contributed by atoms with Crippen molar-refractivity contribution in [1.29, 1.82) is 5.26 Å².